The predicted octanol–water partition coefficient (Wildman–Crippen LogP) is 2.48. The number of hydrogen-bond donors (Lipinski definition) is 0. The van der Waals surface area contributed by atoms with Crippen molar-refractivity contribution >= 4 is 23.2 Å². The molecule has 2 heterocycles. The molecule has 0 saturated carbocycles. The van der Waals surface area contributed by atoms with E-state index in [9.17, 15) is 0 Å². The maximum atomic E-state index is 5.98. The molecule has 0 bridgehead atoms. The first-order valence-corrected chi connectivity index (χ1v) is 6.30. The number of anilines is 2. The van der Waals surface area contributed by atoms with Gasteiger partial charge in [0, 0.05) is 25.1 Å². The lowest BCUT2D eigenvalue weighted by Crippen LogP contribution is -2.15. The van der Waals surface area contributed by atoms with E-state index in [-0.39, 0.29) is 5.28 Å². The maximum Gasteiger partial charge on any atom is 0.241 e. The van der Waals surface area contributed by atoms with Crippen LogP contribution in [0.1, 0.15) is 0 Å². The fourth-order valence-corrected chi connectivity index (χ4v) is 1.89. The molecule has 1 aromatic carbocycles. The molecular weight excluding hydrogens is 276 g/mol. The van der Waals surface area contributed by atoms with Crippen LogP contribution < -0.4 is 4.90 Å². The second kappa shape index (κ2) is 5.26. The molecule has 0 aliphatic carbocycles. The lowest BCUT2D eigenvalue weighted by Gasteiger charge is -2.17. The van der Waals surface area contributed by atoms with E-state index >= 15 is 0 Å². The van der Waals surface area contributed by atoms with Crippen molar-refractivity contribution in [1.29, 1.82) is 0 Å². The largest absolute Gasteiger partial charge is 0.313 e. The fraction of sp³-hybridized carbons (Fsp3) is 0.0769. The summed E-state index contributed by atoms with van der Waals surface area (Å²) in [6.07, 6.45) is 5.01. The van der Waals surface area contributed by atoms with Gasteiger partial charge in [-0.1, -0.05) is 18.2 Å². The Balaban J connectivity index is 2.02. The van der Waals surface area contributed by atoms with Gasteiger partial charge in [-0.15, -0.1) is 0 Å². The lowest BCUT2D eigenvalue weighted by atomic mass is 10.3. The minimum atomic E-state index is 0.140. The third-order valence-corrected chi connectivity index (χ3v) is 2.93. The number of benzene rings is 1. The minimum absolute atomic E-state index is 0.140. The minimum Gasteiger partial charge on any atom is -0.313 e. The summed E-state index contributed by atoms with van der Waals surface area (Å²) in [5.41, 5.74) is 0.964. The molecule has 0 atom stereocenters. The van der Waals surface area contributed by atoms with Crippen LogP contribution in [0.25, 0.3) is 5.95 Å². The summed E-state index contributed by atoms with van der Waals surface area (Å²) in [6.45, 7) is 0. The molecule has 0 aliphatic heterocycles. The van der Waals surface area contributed by atoms with Crippen LogP contribution in [0.5, 0.6) is 0 Å². The van der Waals surface area contributed by atoms with Crippen molar-refractivity contribution in [3.05, 3.63) is 54.3 Å². The van der Waals surface area contributed by atoms with Crippen molar-refractivity contribution in [3.63, 3.8) is 0 Å². The molecule has 0 unspecified atom stereocenters. The first-order valence-electron chi connectivity index (χ1n) is 5.93. The second-order valence-electron chi connectivity index (χ2n) is 4.07. The number of rotatable bonds is 3. The number of imidazole rings is 1. The molecule has 20 heavy (non-hydrogen) atoms. The molecule has 0 N–H and O–H groups in total. The van der Waals surface area contributed by atoms with E-state index < -0.39 is 0 Å². The highest BCUT2D eigenvalue weighted by atomic mass is 35.5. The van der Waals surface area contributed by atoms with Crippen LogP contribution in [0.15, 0.2) is 49.1 Å². The molecule has 3 rings (SSSR count). The first kappa shape index (κ1) is 12.6. The van der Waals surface area contributed by atoms with E-state index in [2.05, 4.69) is 19.9 Å². The van der Waals surface area contributed by atoms with Crippen LogP contribution in [-0.2, 0) is 0 Å². The zero-order valence-electron chi connectivity index (χ0n) is 10.7. The van der Waals surface area contributed by atoms with Gasteiger partial charge < -0.3 is 4.90 Å². The van der Waals surface area contributed by atoms with Crippen molar-refractivity contribution in [2.45, 2.75) is 0 Å². The molecule has 6 nitrogen and oxygen atoms in total. The summed E-state index contributed by atoms with van der Waals surface area (Å²) < 4.78 is 1.68. The van der Waals surface area contributed by atoms with Gasteiger partial charge in [0.1, 0.15) is 6.33 Å². The van der Waals surface area contributed by atoms with Gasteiger partial charge in [0.25, 0.3) is 0 Å². The molecule has 2 aromatic heterocycles. The van der Waals surface area contributed by atoms with Gasteiger partial charge in [-0.05, 0) is 23.7 Å². The van der Waals surface area contributed by atoms with Crippen LogP contribution in [0.2, 0.25) is 5.28 Å². The van der Waals surface area contributed by atoms with E-state index in [0.29, 0.717) is 11.9 Å². The summed E-state index contributed by atoms with van der Waals surface area (Å²) in [7, 11) is 1.87. The molecule has 0 amide bonds. The van der Waals surface area contributed by atoms with Crippen LogP contribution >= 0.6 is 11.6 Å². The Morgan fingerprint density at radius 3 is 2.60 bits per heavy atom. The monoisotopic (exact) mass is 286 g/mol. The summed E-state index contributed by atoms with van der Waals surface area (Å²) in [5, 5.41) is 0.140. The summed E-state index contributed by atoms with van der Waals surface area (Å²) in [6, 6.07) is 9.79. The van der Waals surface area contributed by atoms with Crippen molar-refractivity contribution in [3.8, 4) is 5.95 Å². The Morgan fingerprint density at radius 1 is 1.10 bits per heavy atom. The van der Waals surface area contributed by atoms with Crippen molar-refractivity contribution in [2.75, 3.05) is 11.9 Å². The molecule has 0 aliphatic rings. The normalized spacial score (nSPS) is 10.5. The van der Waals surface area contributed by atoms with Crippen LogP contribution in [-0.4, -0.2) is 31.6 Å². The van der Waals surface area contributed by atoms with Gasteiger partial charge in [-0.2, -0.15) is 15.0 Å². The van der Waals surface area contributed by atoms with E-state index in [1.807, 2.05) is 42.3 Å². The van der Waals surface area contributed by atoms with Crippen molar-refractivity contribution < 1.29 is 0 Å². The first-order chi connectivity index (χ1) is 9.74. The fourth-order valence-electron chi connectivity index (χ4n) is 1.74. The van der Waals surface area contributed by atoms with E-state index in [4.69, 9.17) is 11.6 Å². The Hall–Kier alpha value is -2.47. The van der Waals surface area contributed by atoms with Gasteiger partial charge in [0.05, 0.1) is 0 Å². The van der Waals surface area contributed by atoms with E-state index in [0.717, 1.165) is 5.69 Å². The van der Waals surface area contributed by atoms with Crippen LogP contribution in [0.3, 0.4) is 0 Å². The van der Waals surface area contributed by atoms with Crippen molar-refractivity contribution in [2.24, 2.45) is 0 Å². The molecule has 0 radical (unpaired) electrons. The van der Waals surface area contributed by atoms with Gasteiger partial charge in [0.2, 0.25) is 17.2 Å². The quantitative estimate of drug-likeness (QED) is 0.740. The van der Waals surface area contributed by atoms with Gasteiger partial charge in [-0.3, -0.25) is 4.57 Å². The smallest absolute Gasteiger partial charge is 0.241 e. The van der Waals surface area contributed by atoms with Gasteiger partial charge in [0.15, 0.2) is 0 Å². The summed E-state index contributed by atoms with van der Waals surface area (Å²) in [4.78, 5) is 18.4. The number of halogens is 1. The van der Waals surface area contributed by atoms with Crippen LogP contribution in [0, 0.1) is 0 Å². The van der Waals surface area contributed by atoms with Gasteiger partial charge >= 0.3 is 0 Å². The third kappa shape index (κ3) is 2.46. The maximum absolute atomic E-state index is 5.98. The third-order valence-electron chi connectivity index (χ3n) is 2.76. The van der Waals surface area contributed by atoms with E-state index in [1.54, 1.807) is 23.3 Å². The molecule has 7 heteroatoms. The van der Waals surface area contributed by atoms with Crippen LogP contribution in [0.4, 0.5) is 11.6 Å². The average molecular weight is 287 g/mol. The zero-order chi connectivity index (χ0) is 13.9. The lowest BCUT2D eigenvalue weighted by molar-refractivity contribution is 0.880. The Kier molecular flexibility index (Phi) is 3.30. The Morgan fingerprint density at radius 2 is 1.90 bits per heavy atom. The predicted molar refractivity (Wildman–Crippen MR) is 76.5 cm³/mol. The number of hydrogen-bond acceptors (Lipinski definition) is 5. The molecule has 3 aromatic rings. The topological polar surface area (TPSA) is 59.7 Å². The summed E-state index contributed by atoms with van der Waals surface area (Å²) in [5.74, 6) is 0.903. The molecule has 0 fully saturated rings. The molecule has 100 valence electrons. The molecule has 0 saturated heterocycles. The SMILES string of the molecule is CN(c1ccccc1)c1nc(Cl)nc(-n2ccnc2)n1. The Labute approximate surface area is 120 Å². The van der Waals surface area contributed by atoms with Gasteiger partial charge in [-0.25, -0.2) is 4.98 Å². The number of aromatic nitrogens is 5. The number of nitrogens with zero attached hydrogens (tertiary/aromatic N) is 6. The average Bonchev–Trinajstić information content (AvgIpc) is 3.01. The Bertz CT molecular complexity index is 698. The highest BCUT2D eigenvalue weighted by Crippen LogP contribution is 2.21. The standard InChI is InChI=1S/C13H11ClN6/c1-19(10-5-3-2-4-6-10)12-16-11(14)17-13(18-12)20-8-7-15-9-20/h2-9H,1H3. The highest BCUT2D eigenvalue weighted by molar-refractivity contribution is 6.28. The second-order valence-corrected chi connectivity index (χ2v) is 4.41. The zero-order valence-corrected chi connectivity index (χ0v) is 11.4. The molecule has 0 spiro atoms. The summed E-state index contributed by atoms with van der Waals surface area (Å²) >= 11 is 5.98. The van der Waals surface area contributed by atoms with Crippen molar-refractivity contribution in [1.82, 2.24) is 24.5 Å². The van der Waals surface area contributed by atoms with E-state index in [1.165, 1.54) is 0 Å². The number of para-hydroxylation sites is 1. The highest BCUT2D eigenvalue weighted by Gasteiger charge is 2.11. The molecular formula is C13H11ClN6.